The van der Waals surface area contributed by atoms with E-state index in [2.05, 4.69) is 57.6 Å². The Balaban J connectivity index is 1.11. The van der Waals surface area contributed by atoms with Crippen LogP contribution in [0.15, 0.2) is 47.1 Å². The van der Waals surface area contributed by atoms with Crippen molar-refractivity contribution in [2.45, 2.75) is 56.1 Å². The predicted octanol–water partition coefficient (Wildman–Crippen LogP) is 4.06. The number of carbonyl (C=O) groups is 1. The SMILES string of the molecule is O=C(c1noc2c1CCCC2)N1CCC2(CC1)CC1(CO2)Nc2ccccc2-n2cccc21. The second kappa shape index (κ2) is 6.97. The molecule has 170 valence electrons. The van der Waals surface area contributed by atoms with Gasteiger partial charge in [0.05, 0.1) is 29.3 Å². The number of ether oxygens (including phenoxy) is 1. The fraction of sp³-hybridized carbons (Fsp3) is 0.462. The van der Waals surface area contributed by atoms with Gasteiger partial charge in [-0.2, -0.15) is 0 Å². The monoisotopic (exact) mass is 444 g/mol. The summed E-state index contributed by atoms with van der Waals surface area (Å²) >= 11 is 0. The maximum absolute atomic E-state index is 13.2. The van der Waals surface area contributed by atoms with Gasteiger partial charge in [-0.1, -0.05) is 17.3 Å². The summed E-state index contributed by atoms with van der Waals surface area (Å²) in [5, 5.41) is 7.99. The van der Waals surface area contributed by atoms with Gasteiger partial charge >= 0.3 is 0 Å². The fourth-order valence-corrected chi connectivity index (χ4v) is 6.41. The van der Waals surface area contributed by atoms with Crippen LogP contribution in [0.5, 0.6) is 0 Å². The molecular formula is C26H28N4O3. The summed E-state index contributed by atoms with van der Waals surface area (Å²) in [4.78, 5) is 15.2. The molecule has 0 radical (unpaired) electrons. The van der Waals surface area contributed by atoms with Crippen molar-refractivity contribution in [2.75, 3.05) is 25.0 Å². The molecule has 1 amide bonds. The highest BCUT2D eigenvalue weighted by atomic mass is 16.5. The third kappa shape index (κ3) is 2.84. The average molecular weight is 445 g/mol. The van der Waals surface area contributed by atoms with E-state index in [4.69, 9.17) is 9.26 Å². The number of aryl methyl sites for hydroxylation is 1. The summed E-state index contributed by atoms with van der Waals surface area (Å²) in [5.74, 6) is 0.925. The second-order valence-corrected chi connectivity index (χ2v) is 10.1. The first-order valence-electron chi connectivity index (χ1n) is 12.1. The minimum Gasteiger partial charge on any atom is -0.372 e. The van der Waals surface area contributed by atoms with Crippen LogP contribution in [0, 0.1) is 0 Å². The number of benzene rings is 1. The van der Waals surface area contributed by atoms with E-state index in [1.165, 1.54) is 11.4 Å². The molecule has 2 fully saturated rings. The van der Waals surface area contributed by atoms with Gasteiger partial charge in [-0.25, -0.2) is 0 Å². The number of hydrogen-bond donors (Lipinski definition) is 1. The van der Waals surface area contributed by atoms with E-state index in [0.29, 0.717) is 25.4 Å². The number of nitrogens with one attached hydrogen (secondary N) is 1. The lowest BCUT2D eigenvalue weighted by Crippen LogP contribution is -2.48. The number of nitrogens with zero attached hydrogens (tertiary/aromatic N) is 3. The van der Waals surface area contributed by atoms with Gasteiger partial charge in [-0.3, -0.25) is 4.79 Å². The van der Waals surface area contributed by atoms with Crippen LogP contribution >= 0.6 is 0 Å². The number of anilines is 1. The number of para-hydroxylation sites is 2. The molecule has 7 heteroatoms. The smallest absolute Gasteiger partial charge is 0.276 e. The second-order valence-electron chi connectivity index (χ2n) is 10.1. The van der Waals surface area contributed by atoms with Crippen LogP contribution in [0.3, 0.4) is 0 Å². The minimum atomic E-state index is -0.241. The first-order valence-corrected chi connectivity index (χ1v) is 12.1. The van der Waals surface area contributed by atoms with E-state index >= 15 is 0 Å². The van der Waals surface area contributed by atoms with E-state index in [1.807, 2.05) is 4.90 Å². The molecule has 2 aromatic heterocycles. The molecule has 1 aliphatic carbocycles. The van der Waals surface area contributed by atoms with E-state index in [9.17, 15) is 4.79 Å². The Morgan fingerprint density at radius 3 is 2.82 bits per heavy atom. The Bertz CT molecular complexity index is 1240. The van der Waals surface area contributed by atoms with Crippen molar-refractivity contribution in [3.05, 3.63) is 65.3 Å². The zero-order valence-corrected chi connectivity index (χ0v) is 18.7. The molecule has 1 atom stereocenters. The summed E-state index contributed by atoms with van der Waals surface area (Å²) in [6, 6.07) is 12.8. The molecule has 1 unspecified atom stereocenters. The van der Waals surface area contributed by atoms with Crippen molar-refractivity contribution >= 4 is 11.6 Å². The van der Waals surface area contributed by atoms with Crippen molar-refractivity contribution in [1.82, 2.24) is 14.6 Å². The zero-order chi connectivity index (χ0) is 22.0. The maximum Gasteiger partial charge on any atom is 0.276 e. The topological polar surface area (TPSA) is 72.5 Å². The summed E-state index contributed by atoms with van der Waals surface area (Å²) in [7, 11) is 0. The Labute approximate surface area is 192 Å². The molecule has 1 N–H and O–H groups in total. The average Bonchev–Trinajstić information content (AvgIpc) is 3.58. The normalized spacial score (nSPS) is 24.9. The highest BCUT2D eigenvalue weighted by molar-refractivity contribution is 5.94. The van der Waals surface area contributed by atoms with E-state index in [0.717, 1.165) is 62.0 Å². The van der Waals surface area contributed by atoms with Crippen LogP contribution in [0.25, 0.3) is 5.69 Å². The molecule has 3 aromatic rings. The highest BCUT2D eigenvalue weighted by Crippen LogP contribution is 2.50. The van der Waals surface area contributed by atoms with Gasteiger partial charge in [0.2, 0.25) is 0 Å². The fourth-order valence-electron chi connectivity index (χ4n) is 6.41. The quantitative estimate of drug-likeness (QED) is 0.613. The molecule has 2 spiro atoms. The van der Waals surface area contributed by atoms with Gasteiger partial charge in [0.15, 0.2) is 5.69 Å². The zero-order valence-electron chi connectivity index (χ0n) is 18.7. The van der Waals surface area contributed by atoms with Crippen LogP contribution in [0.2, 0.25) is 0 Å². The van der Waals surface area contributed by atoms with Gasteiger partial charge in [0.25, 0.3) is 5.91 Å². The molecule has 3 aliphatic heterocycles. The lowest BCUT2D eigenvalue weighted by Gasteiger charge is -2.41. The van der Waals surface area contributed by atoms with E-state index in [1.54, 1.807) is 0 Å². The van der Waals surface area contributed by atoms with E-state index in [-0.39, 0.29) is 17.0 Å². The number of hydrogen-bond acceptors (Lipinski definition) is 5. The van der Waals surface area contributed by atoms with Gasteiger partial charge in [0, 0.05) is 37.7 Å². The van der Waals surface area contributed by atoms with Crippen molar-refractivity contribution in [3.8, 4) is 5.69 Å². The maximum atomic E-state index is 13.2. The summed E-state index contributed by atoms with van der Waals surface area (Å²) in [6.45, 7) is 2.01. The minimum absolute atomic E-state index is 0.0167. The van der Waals surface area contributed by atoms with Crippen LogP contribution in [0.1, 0.15) is 59.6 Å². The van der Waals surface area contributed by atoms with Gasteiger partial charge in [0.1, 0.15) is 11.3 Å². The lowest BCUT2D eigenvalue weighted by molar-refractivity contribution is -0.0393. The molecule has 7 rings (SSSR count). The molecule has 0 bridgehead atoms. The van der Waals surface area contributed by atoms with Crippen molar-refractivity contribution < 1.29 is 14.1 Å². The Morgan fingerprint density at radius 2 is 1.91 bits per heavy atom. The summed E-state index contributed by atoms with van der Waals surface area (Å²) < 4.78 is 14.4. The molecule has 1 aromatic carbocycles. The molecule has 0 saturated carbocycles. The number of piperidine rings is 1. The van der Waals surface area contributed by atoms with Gasteiger partial charge in [-0.05, 0) is 56.4 Å². The predicted molar refractivity (Wildman–Crippen MR) is 123 cm³/mol. The van der Waals surface area contributed by atoms with Crippen molar-refractivity contribution in [3.63, 3.8) is 0 Å². The van der Waals surface area contributed by atoms with Crippen LogP contribution in [-0.4, -0.2) is 45.8 Å². The first kappa shape index (κ1) is 19.4. The number of rotatable bonds is 1. The van der Waals surface area contributed by atoms with Crippen LogP contribution in [-0.2, 0) is 23.1 Å². The molecule has 5 heterocycles. The number of carbonyl (C=O) groups excluding carboxylic acids is 1. The molecule has 4 aliphatic rings. The largest absolute Gasteiger partial charge is 0.372 e. The number of amides is 1. The van der Waals surface area contributed by atoms with Crippen molar-refractivity contribution in [2.24, 2.45) is 0 Å². The number of fused-ring (bicyclic) bond motifs is 5. The van der Waals surface area contributed by atoms with Gasteiger partial charge < -0.3 is 24.0 Å². The number of aromatic nitrogens is 2. The molecular weight excluding hydrogens is 416 g/mol. The van der Waals surface area contributed by atoms with Crippen molar-refractivity contribution in [1.29, 1.82) is 0 Å². The van der Waals surface area contributed by atoms with E-state index < -0.39 is 0 Å². The Hall–Kier alpha value is -3.06. The summed E-state index contributed by atoms with van der Waals surface area (Å²) in [6.07, 6.45) is 8.73. The first-order chi connectivity index (χ1) is 16.2. The Kier molecular flexibility index (Phi) is 4.10. The highest BCUT2D eigenvalue weighted by Gasteiger charge is 2.54. The van der Waals surface area contributed by atoms with Crippen LogP contribution in [0.4, 0.5) is 5.69 Å². The lowest BCUT2D eigenvalue weighted by atomic mass is 9.79. The third-order valence-electron chi connectivity index (χ3n) is 8.14. The third-order valence-corrected chi connectivity index (χ3v) is 8.14. The van der Waals surface area contributed by atoms with Gasteiger partial charge in [-0.15, -0.1) is 0 Å². The molecule has 7 nitrogen and oxygen atoms in total. The summed E-state index contributed by atoms with van der Waals surface area (Å²) in [5.41, 5.74) is 4.70. The standard InChI is InChI=1S/C26H28N4O3/c31-24(23-18-6-1-4-9-21(18)33-28-23)29-14-11-25(12-15-29)16-26(17-32-25)22-10-5-13-30(22)20-8-3-2-7-19(20)27-26/h2-3,5,7-8,10,13,27H,1,4,6,9,11-12,14-17H2. The molecule has 33 heavy (non-hydrogen) atoms. The molecule has 2 saturated heterocycles. The Morgan fingerprint density at radius 1 is 1.06 bits per heavy atom. The van der Waals surface area contributed by atoms with Crippen LogP contribution < -0.4 is 5.32 Å². The number of likely N-dealkylation sites (tertiary alicyclic amines) is 1.